The molecule has 0 aliphatic heterocycles. The summed E-state index contributed by atoms with van der Waals surface area (Å²) >= 11 is 0. The molecule has 0 radical (unpaired) electrons. The SMILES string of the molecule is C=CC.COc1ccc(N(c2ccc(-c3ccc4c(c3)c3ccccc3n4-c3ccccc3)cc2)c2ccc(-c3cccc4c3oc3ccccc34)cc2)cc1. The van der Waals surface area contributed by atoms with Gasteiger partial charge in [-0.05, 0) is 109 Å². The summed E-state index contributed by atoms with van der Waals surface area (Å²) in [5.41, 5.74) is 13.1. The highest BCUT2D eigenvalue weighted by atomic mass is 16.5. The number of aromatic nitrogens is 1. The van der Waals surface area contributed by atoms with E-state index in [1.165, 1.54) is 27.4 Å². The van der Waals surface area contributed by atoms with Crippen LogP contribution in [0.2, 0.25) is 0 Å². The van der Waals surface area contributed by atoms with Gasteiger partial charge in [0, 0.05) is 49.9 Å². The number of fused-ring (bicyclic) bond motifs is 6. The molecule has 0 aliphatic carbocycles. The van der Waals surface area contributed by atoms with E-state index in [2.05, 4.69) is 180 Å². The van der Waals surface area contributed by atoms with Crippen LogP contribution in [-0.4, -0.2) is 11.7 Å². The molecule has 4 heteroatoms. The molecule has 10 rings (SSSR count). The number of ether oxygens (including phenoxy) is 1. The van der Waals surface area contributed by atoms with E-state index in [1.807, 2.05) is 31.2 Å². The van der Waals surface area contributed by atoms with Crippen LogP contribution in [0, 0.1) is 0 Å². The highest BCUT2D eigenvalue weighted by Crippen LogP contribution is 2.41. The van der Waals surface area contributed by atoms with Gasteiger partial charge < -0.3 is 18.6 Å². The maximum atomic E-state index is 6.37. The van der Waals surface area contributed by atoms with Crippen molar-refractivity contribution in [3.8, 4) is 33.7 Å². The second-order valence-electron chi connectivity index (χ2n) is 13.7. The topological polar surface area (TPSA) is 30.5 Å². The average molecular weight is 725 g/mol. The van der Waals surface area contributed by atoms with Gasteiger partial charge in [0.05, 0.1) is 18.1 Å². The molecule has 0 atom stereocenters. The Balaban J connectivity index is 0.00000133. The average Bonchev–Trinajstić information content (AvgIpc) is 3.81. The summed E-state index contributed by atoms with van der Waals surface area (Å²) in [6.07, 6.45) is 1.75. The van der Waals surface area contributed by atoms with Crippen LogP contribution in [0.1, 0.15) is 6.92 Å². The molecule has 0 spiro atoms. The number of para-hydroxylation sites is 4. The molecule has 2 aromatic heterocycles. The van der Waals surface area contributed by atoms with Crippen molar-refractivity contribution in [1.82, 2.24) is 4.57 Å². The summed E-state index contributed by atoms with van der Waals surface area (Å²) in [4.78, 5) is 2.28. The molecule has 0 N–H and O–H groups in total. The third-order valence-corrected chi connectivity index (χ3v) is 10.3. The van der Waals surface area contributed by atoms with Gasteiger partial charge >= 0.3 is 0 Å². The summed E-state index contributed by atoms with van der Waals surface area (Å²) in [5, 5.41) is 4.75. The first-order chi connectivity index (χ1) is 27.6. The molecule has 56 heavy (non-hydrogen) atoms. The number of nitrogens with zero attached hydrogens (tertiary/aromatic N) is 2. The lowest BCUT2D eigenvalue weighted by molar-refractivity contribution is 0.415. The minimum atomic E-state index is 0.822. The zero-order valence-corrected chi connectivity index (χ0v) is 31.4. The molecule has 8 aromatic carbocycles. The number of methoxy groups -OCH3 is 1. The molecule has 0 bridgehead atoms. The first-order valence-electron chi connectivity index (χ1n) is 18.9. The third-order valence-electron chi connectivity index (χ3n) is 10.3. The van der Waals surface area contributed by atoms with E-state index >= 15 is 0 Å². The summed E-state index contributed by atoms with van der Waals surface area (Å²) < 4.78 is 14.2. The van der Waals surface area contributed by atoms with Gasteiger partial charge in [-0.1, -0.05) is 109 Å². The standard InChI is InChI=1S/C49H34N2O2.C3H6/c1-52-40-29-27-39(28-30-40)50(38-25-20-34(21-26-38)41-14-9-15-44-43-13-6-8-17-48(43)53-49(41)44)37-23-18-33(19-24-37)35-22-31-47-45(32-35)42-12-5-7-16-46(42)51(47)36-10-3-2-4-11-36;1-3-2/h2-32H,1H3;3H,1H2,2H3. The monoisotopic (exact) mass is 724 g/mol. The maximum Gasteiger partial charge on any atom is 0.143 e. The van der Waals surface area contributed by atoms with Crippen molar-refractivity contribution < 1.29 is 9.15 Å². The van der Waals surface area contributed by atoms with Crippen molar-refractivity contribution in [2.75, 3.05) is 12.0 Å². The Morgan fingerprint density at radius 3 is 1.77 bits per heavy atom. The molecular weight excluding hydrogens is 685 g/mol. The van der Waals surface area contributed by atoms with E-state index < -0.39 is 0 Å². The molecule has 0 fully saturated rings. The predicted molar refractivity (Wildman–Crippen MR) is 236 cm³/mol. The van der Waals surface area contributed by atoms with Crippen LogP contribution in [0.3, 0.4) is 0 Å². The fourth-order valence-electron chi connectivity index (χ4n) is 7.75. The normalized spacial score (nSPS) is 11.1. The Bertz CT molecular complexity index is 2960. The highest BCUT2D eigenvalue weighted by molar-refractivity contribution is 6.11. The Kier molecular flexibility index (Phi) is 9.14. The molecular formula is C52H40N2O2. The first-order valence-corrected chi connectivity index (χ1v) is 18.9. The summed E-state index contributed by atoms with van der Waals surface area (Å²) in [6.45, 7) is 5.25. The van der Waals surface area contributed by atoms with Gasteiger partial charge in [0.15, 0.2) is 0 Å². The van der Waals surface area contributed by atoms with Gasteiger partial charge in [-0.3, -0.25) is 0 Å². The smallest absolute Gasteiger partial charge is 0.143 e. The molecule has 0 amide bonds. The van der Waals surface area contributed by atoms with Gasteiger partial charge in [-0.2, -0.15) is 0 Å². The lowest BCUT2D eigenvalue weighted by Crippen LogP contribution is -2.09. The predicted octanol–water partition coefficient (Wildman–Crippen LogP) is 14.7. The summed E-state index contributed by atoms with van der Waals surface area (Å²) in [6, 6.07) is 66.5. The Morgan fingerprint density at radius 2 is 1.07 bits per heavy atom. The molecule has 0 unspecified atom stereocenters. The molecule has 0 saturated heterocycles. The largest absolute Gasteiger partial charge is 0.497 e. The van der Waals surface area contributed by atoms with Crippen LogP contribution in [0.4, 0.5) is 17.1 Å². The molecule has 0 saturated carbocycles. The zero-order chi connectivity index (χ0) is 38.0. The van der Waals surface area contributed by atoms with Crippen molar-refractivity contribution in [2.45, 2.75) is 6.92 Å². The van der Waals surface area contributed by atoms with Crippen LogP contribution < -0.4 is 9.64 Å². The van der Waals surface area contributed by atoms with Gasteiger partial charge in [0.1, 0.15) is 16.9 Å². The van der Waals surface area contributed by atoms with E-state index in [0.717, 1.165) is 67.1 Å². The van der Waals surface area contributed by atoms with Crippen LogP contribution in [0.25, 0.3) is 71.7 Å². The van der Waals surface area contributed by atoms with Crippen LogP contribution >= 0.6 is 0 Å². The van der Waals surface area contributed by atoms with Crippen molar-refractivity contribution in [2.24, 2.45) is 0 Å². The maximum absolute atomic E-state index is 6.37. The van der Waals surface area contributed by atoms with E-state index in [4.69, 9.17) is 9.15 Å². The van der Waals surface area contributed by atoms with Crippen molar-refractivity contribution >= 4 is 60.8 Å². The fraction of sp³-hybridized carbons (Fsp3) is 0.0385. The van der Waals surface area contributed by atoms with E-state index in [-0.39, 0.29) is 0 Å². The Hall–Kier alpha value is -7.30. The van der Waals surface area contributed by atoms with Crippen molar-refractivity contribution in [3.05, 3.63) is 201 Å². The molecule has 10 aromatic rings. The Morgan fingerprint density at radius 1 is 0.518 bits per heavy atom. The summed E-state index contributed by atoms with van der Waals surface area (Å²) in [7, 11) is 1.70. The minimum absolute atomic E-state index is 0.822. The van der Waals surface area contributed by atoms with Gasteiger partial charge in [-0.15, -0.1) is 6.58 Å². The second-order valence-corrected chi connectivity index (χ2v) is 13.7. The highest BCUT2D eigenvalue weighted by Gasteiger charge is 2.17. The van der Waals surface area contributed by atoms with Gasteiger partial charge in [-0.25, -0.2) is 0 Å². The zero-order valence-electron chi connectivity index (χ0n) is 31.4. The minimum Gasteiger partial charge on any atom is -0.497 e. The third kappa shape index (κ3) is 6.17. The van der Waals surface area contributed by atoms with Crippen LogP contribution in [0.15, 0.2) is 205 Å². The number of hydrogen-bond donors (Lipinski definition) is 0. The van der Waals surface area contributed by atoms with Crippen LogP contribution in [-0.2, 0) is 0 Å². The lowest BCUT2D eigenvalue weighted by Gasteiger charge is -2.26. The molecule has 4 nitrogen and oxygen atoms in total. The molecule has 270 valence electrons. The van der Waals surface area contributed by atoms with Crippen LogP contribution in [0.5, 0.6) is 5.75 Å². The van der Waals surface area contributed by atoms with E-state index in [0.29, 0.717) is 0 Å². The van der Waals surface area contributed by atoms with Crippen molar-refractivity contribution in [3.63, 3.8) is 0 Å². The Labute approximate surface area is 326 Å². The molecule has 0 aliphatic rings. The quantitative estimate of drug-likeness (QED) is 0.153. The number of hydrogen-bond acceptors (Lipinski definition) is 3. The van der Waals surface area contributed by atoms with E-state index in [9.17, 15) is 0 Å². The number of allylic oxidation sites excluding steroid dienone is 1. The number of benzene rings is 8. The molecule has 2 heterocycles. The second kappa shape index (κ2) is 14.8. The number of furan rings is 1. The fourth-order valence-corrected chi connectivity index (χ4v) is 7.75. The number of anilines is 3. The van der Waals surface area contributed by atoms with E-state index in [1.54, 1.807) is 13.2 Å². The summed E-state index contributed by atoms with van der Waals surface area (Å²) in [5.74, 6) is 0.822. The lowest BCUT2D eigenvalue weighted by atomic mass is 10.0. The first kappa shape index (κ1) is 34.5. The van der Waals surface area contributed by atoms with Gasteiger partial charge in [0.25, 0.3) is 0 Å². The van der Waals surface area contributed by atoms with Gasteiger partial charge in [0.2, 0.25) is 0 Å². The number of rotatable bonds is 7. The van der Waals surface area contributed by atoms with Crippen molar-refractivity contribution in [1.29, 1.82) is 0 Å².